The molecule has 2 heteroatoms. The van der Waals surface area contributed by atoms with Gasteiger partial charge < -0.3 is 10.6 Å². The molecule has 0 bridgehead atoms. The van der Waals surface area contributed by atoms with Crippen LogP contribution in [0.1, 0.15) is 58.8 Å². The summed E-state index contributed by atoms with van der Waals surface area (Å²) in [6, 6.07) is 1.29. The fourth-order valence-corrected chi connectivity index (χ4v) is 3.65. The number of rotatable bonds is 4. The zero-order valence-electron chi connectivity index (χ0n) is 11.7. The van der Waals surface area contributed by atoms with Crippen molar-refractivity contribution in [2.45, 2.75) is 70.9 Å². The van der Waals surface area contributed by atoms with Crippen LogP contribution in [0.4, 0.5) is 0 Å². The molecular formula is C15H30N2. The van der Waals surface area contributed by atoms with Crippen molar-refractivity contribution in [3.63, 3.8) is 0 Å². The number of hydrogen-bond acceptors (Lipinski definition) is 2. The molecule has 2 nitrogen and oxygen atoms in total. The Morgan fingerprint density at radius 3 is 2.59 bits per heavy atom. The van der Waals surface area contributed by atoms with E-state index in [1.165, 1.54) is 58.0 Å². The van der Waals surface area contributed by atoms with Gasteiger partial charge in [0, 0.05) is 12.1 Å². The van der Waals surface area contributed by atoms with Crippen LogP contribution < -0.4 is 5.73 Å². The van der Waals surface area contributed by atoms with E-state index >= 15 is 0 Å². The molecule has 2 fully saturated rings. The second-order valence-corrected chi connectivity index (χ2v) is 6.49. The lowest BCUT2D eigenvalue weighted by Crippen LogP contribution is -2.48. The lowest BCUT2D eigenvalue weighted by molar-refractivity contribution is 0.0576. The lowest BCUT2D eigenvalue weighted by atomic mass is 9.78. The van der Waals surface area contributed by atoms with Gasteiger partial charge in [0.1, 0.15) is 0 Å². The molecule has 0 radical (unpaired) electrons. The summed E-state index contributed by atoms with van der Waals surface area (Å²) < 4.78 is 0. The quantitative estimate of drug-likeness (QED) is 0.816. The molecule has 1 aliphatic carbocycles. The van der Waals surface area contributed by atoms with E-state index in [0.29, 0.717) is 12.0 Å². The van der Waals surface area contributed by atoms with Crippen LogP contribution in [0.3, 0.4) is 0 Å². The summed E-state index contributed by atoms with van der Waals surface area (Å²) in [7, 11) is 0. The number of nitrogens with two attached hydrogens (primary N) is 1. The monoisotopic (exact) mass is 238 g/mol. The van der Waals surface area contributed by atoms with Crippen LogP contribution in [-0.4, -0.2) is 30.1 Å². The lowest BCUT2D eigenvalue weighted by Gasteiger charge is -2.44. The molecule has 17 heavy (non-hydrogen) atoms. The maximum atomic E-state index is 6.18. The molecule has 3 atom stereocenters. The van der Waals surface area contributed by atoms with Crippen molar-refractivity contribution in [2.75, 3.05) is 13.1 Å². The molecule has 3 unspecified atom stereocenters. The van der Waals surface area contributed by atoms with Gasteiger partial charge in [0.2, 0.25) is 0 Å². The Balaban J connectivity index is 1.82. The summed E-state index contributed by atoms with van der Waals surface area (Å²) in [4.78, 5) is 2.76. The minimum atomic E-state index is 0.388. The molecule has 2 aliphatic rings. The van der Waals surface area contributed by atoms with Crippen molar-refractivity contribution >= 4 is 0 Å². The van der Waals surface area contributed by atoms with Gasteiger partial charge in [-0.05, 0) is 57.0 Å². The number of nitrogens with zero attached hydrogens (tertiary/aromatic N) is 1. The second-order valence-electron chi connectivity index (χ2n) is 6.49. The third-order valence-corrected chi connectivity index (χ3v) is 4.96. The van der Waals surface area contributed by atoms with Crippen molar-refractivity contribution < 1.29 is 0 Å². The molecule has 0 aromatic rings. The number of hydrogen-bond donors (Lipinski definition) is 1. The summed E-state index contributed by atoms with van der Waals surface area (Å²) in [6.07, 6.45) is 9.93. The highest BCUT2D eigenvalue weighted by atomic mass is 15.2. The van der Waals surface area contributed by atoms with Gasteiger partial charge in [-0.3, -0.25) is 0 Å². The maximum absolute atomic E-state index is 6.18. The predicted octanol–water partition coefficient (Wildman–Crippen LogP) is 3.01. The molecule has 1 heterocycles. The molecule has 0 spiro atoms. The third-order valence-electron chi connectivity index (χ3n) is 4.96. The van der Waals surface area contributed by atoms with Crippen LogP contribution in [0.15, 0.2) is 0 Å². The molecule has 0 aromatic heterocycles. The SMILES string of the molecule is CC(C)C(N)CCN1CCCC2CCCCC21. The van der Waals surface area contributed by atoms with Gasteiger partial charge in [-0.15, -0.1) is 0 Å². The minimum absolute atomic E-state index is 0.388. The maximum Gasteiger partial charge on any atom is 0.0123 e. The van der Waals surface area contributed by atoms with Gasteiger partial charge >= 0.3 is 0 Å². The van der Waals surface area contributed by atoms with Gasteiger partial charge in [0.05, 0.1) is 0 Å². The molecule has 2 rings (SSSR count). The molecule has 1 aliphatic heterocycles. The predicted molar refractivity (Wildman–Crippen MR) is 74.0 cm³/mol. The van der Waals surface area contributed by atoms with Crippen LogP contribution in [0.5, 0.6) is 0 Å². The Morgan fingerprint density at radius 2 is 1.82 bits per heavy atom. The standard InChI is InChI=1S/C15H30N2/c1-12(2)14(16)9-11-17-10-5-7-13-6-3-4-8-15(13)17/h12-15H,3-11,16H2,1-2H3. The van der Waals surface area contributed by atoms with E-state index in [9.17, 15) is 0 Å². The van der Waals surface area contributed by atoms with E-state index in [0.717, 1.165) is 12.0 Å². The van der Waals surface area contributed by atoms with Gasteiger partial charge in [-0.1, -0.05) is 26.7 Å². The van der Waals surface area contributed by atoms with Crippen LogP contribution in [0, 0.1) is 11.8 Å². The first-order valence-corrected chi connectivity index (χ1v) is 7.68. The van der Waals surface area contributed by atoms with E-state index in [4.69, 9.17) is 5.73 Å². The van der Waals surface area contributed by atoms with Gasteiger partial charge in [0.15, 0.2) is 0 Å². The molecule has 100 valence electrons. The molecule has 1 saturated heterocycles. The van der Waals surface area contributed by atoms with Crippen LogP contribution in [-0.2, 0) is 0 Å². The summed E-state index contributed by atoms with van der Waals surface area (Å²) >= 11 is 0. The van der Waals surface area contributed by atoms with Crippen molar-refractivity contribution in [3.8, 4) is 0 Å². The van der Waals surface area contributed by atoms with Crippen molar-refractivity contribution in [3.05, 3.63) is 0 Å². The van der Waals surface area contributed by atoms with Crippen LogP contribution >= 0.6 is 0 Å². The van der Waals surface area contributed by atoms with Gasteiger partial charge in [-0.2, -0.15) is 0 Å². The van der Waals surface area contributed by atoms with Crippen LogP contribution in [0.2, 0.25) is 0 Å². The number of piperidine rings is 1. The topological polar surface area (TPSA) is 29.3 Å². The van der Waals surface area contributed by atoms with E-state index in [1.54, 1.807) is 0 Å². The Bertz CT molecular complexity index is 225. The zero-order valence-corrected chi connectivity index (χ0v) is 11.7. The normalized spacial score (nSPS) is 32.5. The van der Waals surface area contributed by atoms with E-state index in [-0.39, 0.29) is 0 Å². The Hall–Kier alpha value is -0.0800. The fraction of sp³-hybridized carbons (Fsp3) is 1.00. The second kappa shape index (κ2) is 6.19. The van der Waals surface area contributed by atoms with E-state index < -0.39 is 0 Å². The summed E-state index contributed by atoms with van der Waals surface area (Å²) in [5.74, 6) is 1.63. The highest BCUT2D eigenvalue weighted by molar-refractivity contribution is 4.87. The van der Waals surface area contributed by atoms with Crippen LogP contribution in [0.25, 0.3) is 0 Å². The largest absolute Gasteiger partial charge is 0.327 e. The Kier molecular flexibility index (Phi) is 4.87. The van der Waals surface area contributed by atoms with Crippen molar-refractivity contribution in [1.29, 1.82) is 0 Å². The molecule has 2 N–H and O–H groups in total. The first-order valence-electron chi connectivity index (χ1n) is 7.68. The van der Waals surface area contributed by atoms with Crippen molar-refractivity contribution in [1.82, 2.24) is 4.90 Å². The van der Waals surface area contributed by atoms with E-state index in [2.05, 4.69) is 18.7 Å². The average molecular weight is 238 g/mol. The third kappa shape index (κ3) is 3.45. The Labute approximate surface area is 107 Å². The van der Waals surface area contributed by atoms with Gasteiger partial charge in [-0.25, -0.2) is 0 Å². The number of likely N-dealkylation sites (tertiary alicyclic amines) is 1. The summed E-state index contributed by atoms with van der Waals surface area (Å²) in [6.45, 7) is 7.04. The van der Waals surface area contributed by atoms with Gasteiger partial charge in [0.25, 0.3) is 0 Å². The zero-order chi connectivity index (χ0) is 12.3. The fourth-order valence-electron chi connectivity index (χ4n) is 3.65. The average Bonchev–Trinajstić information content (AvgIpc) is 2.35. The van der Waals surface area contributed by atoms with E-state index in [1.807, 2.05) is 0 Å². The summed E-state index contributed by atoms with van der Waals surface area (Å²) in [5.41, 5.74) is 6.18. The number of fused-ring (bicyclic) bond motifs is 1. The molecule has 1 saturated carbocycles. The highest BCUT2D eigenvalue weighted by Crippen LogP contribution is 2.35. The Morgan fingerprint density at radius 1 is 1.12 bits per heavy atom. The first-order chi connectivity index (χ1) is 8.18. The first kappa shape index (κ1) is 13.4. The molecule has 0 amide bonds. The summed E-state index contributed by atoms with van der Waals surface area (Å²) in [5, 5.41) is 0. The molecule has 0 aromatic carbocycles. The highest BCUT2D eigenvalue weighted by Gasteiger charge is 2.32. The minimum Gasteiger partial charge on any atom is -0.327 e. The van der Waals surface area contributed by atoms with Crippen molar-refractivity contribution in [2.24, 2.45) is 17.6 Å². The smallest absolute Gasteiger partial charge is 0.0123 e. The molecular weight excluding hydrogens is 208 g/mol.